The Kier molecular flexibility index (Phi) is 4.46. The SMILES string of the molecule is O=C1NC(=S)S/C1=C\c1ccc(-c2cc(C(F)(F)F)ccc2Cl)o1. The summed E-state index contributed by atoms with van der Waals surface area (Å²) in [6, 6.07) is 6.01. The van der Waals surface area contributed by atoms with E-state index in [1.807, 2.05) is 0 Å². The Balaban J connectivity index is 1.95. The van der Waals surface area contributed by atoms with Crippen LogP contribution in [-0.2, 0) is 11.0 Å². The Morgan fingerprint density at radius 3 is 2.62 bits per heavy atom. The highest BCUT2D eigenvalue weighted by atomic mass is 35.5. The van der Waals surface area contributed by atoms with Crippen molar-refractivity contribution in [2.75, 3.05) is 0 Å². The maximum Gasteiger partial charge on any atom is 0.416 e. The summed E-state index contributed by atoms with van der Waals surface area (Å²) in [4.78, 5) is 11.9. The molecule has 3 nitrogen and oxygen atoms in total. The largest absolute Gasteiger partial charge is 0.457 e. The highest BCUT2D eigenvalue weighted by Crippen LogP contribution is 2.37. The van der Waals surface area contributed by atoms with Crippen LogP contribution in [0.1, 0.15) is 11.3 Å². The lowest BCUT2D eigenvalue weighted by atomic mass is 10.1. The molecule has 2 heterocycles. The zero-order valence-corrected chi connectivity index (χ0v) is 14.0. The van der Waals surface area contributed by atoms with Gasteiger partial charge >= 0.3 is 6.18 Å². The summed E-state index contributed by atoms with van der Waals surface area (Å²) in [5.74, 6) is 0.129. The lowest BCUT2D eigenvalue weighted by Gasteiger charge is -2.09. The lowest BCUT2D eigenvalue weighted by molar-refractivity contribution is -0.137. The molecule has 1 saturated heterocycles. The van der Waals surface area contributed by atoms with E-state index in [9.17, 15) is 18.0 Å². The van der Waals surface area contributed by atoms with E-state index in [4.69, 9.17) is 28.2 Å². The Labute approximate surface area is 148 Å². The van der Waals surface area contributed by atoms with Crippen molar-refractivity contribution >= 4 is 51.9 Å². The molecular formula is C15H7ClF3NO2S2. The summed E-state index contributed by atoms with van der Waals surface area (Å²) in [6.45, 7) is 0. The average molecular weight is 390 g/mol. The third kappa shape index (κ3) is 3.50. The fraction of sp³-hybridized carbons (Fsp3) is 0.0667. The van der Waals surface area contributed by atoms with E-state index in [1.54, 1.807) is 0 Å². The minimum atomic E-state index is -4.48. The van der Waals surface area contributed by atoms with E-state index in [1.165, 1.54) is 24.3 Å². The average Bonchev–Trinajstić information content (AvgIpc) is 3.05. The maximum atomic E-state index is 12.8. The molecule has 0 atom stereocenters. The number of carbonyl (C=O) groups is 1. The molecule has 0 aliphatic carbocycles. The highest BCUT2D eigenvalue weighted by molar-refractivity contribution is 8.26. The molecule has 124 valence electrons. The molecule has 0 radical (unpaired) electrons. The first-order valence-corrected chi connectivity index (χ1v) is 8.06. The van der Waals surface area contributed by atoms with Gasteiger partial charge in [-0.05, 0) is 30.3 Å². The molecule has 1 fully saturated rings. The zero-order chi connectivity index (χ0) is 17.5. The molecule has 3 rings (SSSR count). The molecule has 24 heavy (non-hydrogen) atoms. The first-order valence-electron chi connectivity index (χ1n) is 6.46. The first-order chi connectivity index (χ1) is 11.2. The van der Waals surface area contributed by atoms with Crippen LogP contribution in [0.25, 0.3) is 17.4 Å². The third-order valence-electron chi connectivity index (χ3n) is 3.10. The number of nitrogens with one attached hydrogen (secondary N) is 1. The van der Waals surface area contributed by atoms with Gasteiger partial charge in [0, 0.05) is 11.6 Å². The number of furan rings is 1. The molecule has 2 aromatic rings. The molecule has 0 saturated carbocycles. The number of rotatable bonds is 2. The van der Waals surface area contributed by atoms with E-state index >= 15 is 0 Å². The Hall–Kier alpha value is -1.77. The smallest absolute Gasteiger partial charge is 0.416 e. The van der Waals surface area contributed by atoms with Crippen LogP contribution in [0.5, 0.6) is 0 Å². The predicted molar refractivity (Wildman–Crippen MR) is 90.5 cm³/mol. The van der Waals surface area contributed by atoms with Gasteiger partial charge in [-0.1, -0.05) is 35.6 Å². The topological polar surface area (TPSA) is 42.2 Å². The van der Waals surface area contributed by atoms with Crippen molar-refractivity contribution in [3.63, 3.8) is 0 Å². The number of benzene rings is 1. The van der Waals surface area contributed by atoms with Crippen LogP contribution >= 0.6 is 35.6 Å². The Morgan fingerprint density at radius 2 is 2.00 bits per heavy atom. The number of alkyl halides is 3. The minimum Gasteiger partial charge on any atom is -0.457 e. The van der Waals surface area contributed by atoms with Crippen LogP contribution in [0, 0.1) is 0 Å². The van der Waals surface area contributed by atoms with Crippen molar-refractivity contribution in [2.24, 2.45) is 0 Å². The van der Waals surface area contributed by atoms with Crippen molar-refractivity contribution < 1.29 is 22.4 Å². The van der Waals surface area contributed by atoms with Crippen LogP contribution < -0.4 is 5.32 Å². The van der Waals surface area contributed by atoms with Gasteiger partial charge in [0.2, 0.25) is 0 Å². The van der Waals surface area contributed by atoms with Gasteiger partial charge in [0.05, 0.1) is 15.5 Å². The van der Waals surface area contributed by atoms with Crippen LogP contribution in [0.3, 0.4) is 0 Å². The number of hydrogen-bond donors (Lipinski definition) is 1. The molecule has 1 aliphatic rings. The second-order valence-corrected chi connectivity index (χ2v) is 6.87. The standard InChI is InChI=1S/C15H7ClF3NO2S2/c16-10-3-1-7(15(17,18)19)5-9(10)11-4-2-8(22-11)6-12-13(21)20-14(23)24-12/h1-6H,(H,20,21,23)/b12-6-. The molecule has 0 spiro atoms. The molecule has 0 bridgehead atoms. The summed E-state index contributed by atoms with van der Waals surface area (Å²) >= 11 is 11.9. The van der Waals surface area contributed by atoms with Crippen molar-refractivity contribution in [3.8, 4) is 11.3 Å². The van der Waals surface area contributed by atoms with Gasteiger partial charge in [-0.25, -0.2) is 0 Å². The zero-order valence-electron chi connectivity index (χ0n) is 11.6. The molecule has 9 heteroatoms. The van der Waals surface area contributed by atoms with Crippen LogP contribution in [0.4, 0.5) is 13.2 Å². The maximum absolute atomic E-state index is 12.8. The van der Waals surface area contributed by atoms with Gasteiger partial charge in [0.1, 0.15) is 15.8 Å². The van der Waals surface area contributed by atoms with E-state index in [2.05, 4.69) is 5.32 Å². The third-order valence-corrected chi connectivity index (χ3v) is 4.59. The molecular weight excluding hydrogens is 383 g/mol. The van der Waals surface area contributed by atoms with Gasteiger partial charge in [-0.2, -0.15) is 13.2 Å². The fourth-order valence-electron chi connectivity index (χ4n) is 2.02. The van der Waals surface area contributed by atoms with Gasteiger partial charge in [-0.3, -0.25) is 4.79 Å². The summed E-state index contributed by atoms with van der Waals surface area (Å²) in [6.07, 6.45) is -3.02. The van der Waals surface area contributed by atoms with Crippen molar-refractivity contribution in [1.29, 1.82) is 0 Å². The molecule has 0 unspecified atom stereocenters. The monoisotopic (exact) mass is 389 g/mol. The summed E-state index contributed by atoms with van der Waals surface area (Å²) in [5, 5.41) is 2.59. The van der Waals surface area contributed by atoms with E-state index in [0.717, 1.165) is 23.9 Å². The fourth-order valence-corrected chi connectivity index (χ4v) is 3.25. The molecule has 1 amide bonds. The van der Waals surface area contributed by atoms with Crippen LogP contribution in [-0.4, -0.2) is 10.2 Å². The van der Waals surface area contributed by atoms with Gasteiger partial charge < -0.3 is 9.73 Å². The van der Waals surface area contributed by atoms with E-state index in [0.29, 0.717) is 15.0 Å². The number of hydrogen-bond acceptors (Lipinski definition) is 4. The lowest BCUT2D eigenvalue weighted by Crippen LogP contribution is -2.17. The summed E-state index contributed by atoms with van der Waals surface area (Å²) in [5.41, 5.74) is -0.704. The second-order valence-electron chi connectivity index (χ2n) is 4.75. The van der Waals surface area contributed by atoms with E-state index < -0.39 is 11.7 Å². The van der Waals surface area contributed by atoms with Gasteiger partial charge in [-0.15, -0.1) is 0 Å². The number of thiocarbonyl (C=S) groups is 1. The number of amides is 1. The molecule has 1 aromatic heterocycles. The van der Waals surface area contributed by atoms with Crippen LogP contribution in [0.15, 0.2) is 39.7 Å². The Morgan fingerprint density at radius 1 is 1.25 bits per heavy atom. The van der Waals surface area contributed by atoms with Crippen molar-refractivity contribution in [1.82, 2.24) is 5.32 Å². The normalized spacial score (nSPS) is 16.8. The molecule has 1 N–H and O–H groups in total. The summed E-state index contributed by atoms with van der Waals surface area (Å²) in [7, 11) is 0. The van der Waals surface area contributed by atoms with Gasteiger partial charge in [0.25, 0.3) is 5.91 Å². The number of thioether (sulfide) groups is 1. The highest BCUT2D eigenvalue weighted by Gasteiger charge is 2.31. The number of halogens is 4. The second kappa shape index (κ2) is 6.27. The van der Waals surface area contributed by atoms with Crippen molar-refractivity contribution in [3.05, 3.63) is 51.6 Å². The predicted octanol–water partition coefficient (Wildman–Crippen LogP) is 5.11. The Bertz CT molecular complexity index is 874. The van der Waals surface area contributed by atoms with E-state index in [-0.39, 0.29) is 22.3 Å². The van der Waals surface area contributed by atoms with Crippen molar-refractivity contribution in [2.45, 2.75) is 6.18 Å². The first kappa shape index (κ1) is 17.1. The minimum absolute atomic E-state index is 0.121. The quantitative estimate of drug-likeness (QED) is 0.572. The molecule has 1 aliphatic heterocycles. The van der Waals surface area contributed by atoms with Crippen LogP contribution in [0.2, 0.25) is 5.02 Å². The van der Waals surface area contributed by atoms with Gasteiger partial charge in [0.15, 0.2) is 0 Å². The molecule has 1 aromatic carbocycles. The summed E-state index contributed by atoms with van der Waals surface area (Å²) < 4.78 is 44.3. The number of carbonyl (C=O) groups excluding carboxylic acids is 1.